The quantitative estimate of drug-likeness (QED) is 0.442. The molecule has 0 aliphatic rings. The van der Waals surface area contributed by atoms with Crippen LogP contribution in [0.2, 0.25) is 0 Å². The Morgan fingerprint density at radius 2 is 1.79 bits per heavy atom. The third kappa shape index (κ3) is 3.01. The van der Waals surface area contributed by atoms with Crippen molar-refractivity contribution in [3.8, 4) is 5.75 Å². The lowest BCUT2D eigenvalue weighted by atomic mass is 10.3. The summed E-state index contributed by atoms with van der Waals surface area (Å²) in [7, 11) is 1.36. The Morgan fingerprint density at radius 1 is 1.29 bits per heavy atom. The summed E-state index contributed by atoms with van der Waals surface area (Å²) in [4.78, 5) is 10.5. The van der Waals surface area contributed by atoms with Crippen molar-refractivity contribution in [2.45, 2.75) is 11.8 Å². The third-order valence-electron chi connectivity index (χ3n) is 1.37. The molecule has 0 aliphatic carbocycles. The number of ether oxygens (including phenoxy) is 1. The summed E-state index contributed by atoms with van der Waals surface area (Å²) in [6.45, 7) is 1.26. The van der Waals surface area contributed by atoms with Gasteiger partial charge in [0.25, 0.3) is 9.05 Å². The molecule has 0 fully saturated rings. The van der Waals surface area contributed by atoms with Crippen molar-refractivity contribution >= 4 is 25.7 Å². The van der Waals surface area contributed by atoms with Gasteiger partial charge in [-0.1, -0.05) is 0 Å². The molecule has 0 aromatic heterocycles. The van der Waals surface area contributed by atoms with E-state index in [1.807, 2.05) is 0 Å². The van der Waals surface area contributed by atoms with E-state index in [9.17, 15) is 13.2 Å². The van der Waals surface area contributed by atoms with Crippen LogP contribution < -0.4 is 4.74 Å². The van der Waals surface area contributed by atoms with Crippen LogP contribution in [0.3, 0.4) is 0 Å². The number of carbonyl (C=O) groups is 1. The molecule has 0 spiro atoms. The minimum Gasteiger partial charge on any atom is -0.427 e. The van der Waals surface area contributed by atoms with Crippen LogP contribution in [-0.4, -0.2) is 14.4 Å². The highest BCUT2D eigenvalue weighted by molar-refractivity contribution is 8.13. The lowest BCUT2D eigenvalue weighted by Gasteiger charge is -2.00. The molecule has 14 heavy (non-hydrogen) atoms. The van der Waals surface area contributed by atoms with Gasteiger partial charge in [0.15, 0.2) is 0 Å². The van der Waals surface area contributed by atoms with E-state index in [1.54, 1.807) is 0 Å². The first-order valence-electron chi connectivity index (χ1n) is 3.63. The minimum atomic E-state index is -3.72. The Morgan fingerprint density at radius 3 is 2.14 bits per heavy atom. The van der Waals surface area contributed by atoms with E-state index in [-0.39, 0.29) is 10.6 Å². The molecule has 0 radical (unpaired) electrons. The summed E-state index contributed by atoms with van der Waals surface area (Å²) >= 11 is 0. The van der Waals surface area contributed by atoms with E-state index < -0.39 is 15.0 Å². The number of hydrogen-bond donors (Lipinski definition) is 0. The Balaban J connectivity index is 2.95. The van der Waals surface area contributed by atoms with Gasteiger partial charge in [0.2, 0.25) is 0 Å². The van der Waals surface area contributed by atoms with Crippen LogP contribution in [0, 0.1) is 0 Å². The van der Waals surface area contributed by atoms with Crippen LogP contribution in [0.4, 0.5) is 0 Å². The van der Waals surface area contributed by atoms with Gasteiger partial charge >= 0.3 is 5.97 Å². The molecule has 0 aliphatic heterocycles. The van der Waals surface area contributed by atoms with Crippen LogP contribution in [0.5, 0.6) is 5.75 Å². The molecule has 0 atom stereocenters. The molecule has 1 rings (SSSR count). The van der Waals surface area contributed by atoms with Gasteiger partial charge in [-0.05, 0) is 24.3 Å². The van der Waals surface area contributed by atoms with Gasteiger partial charge in [0.1, 0.15) is 5.75 Å². The number of halogens is 1. The zero-order valence-electron chi connectivity index (χ0n) is 7.23. The Hall–Kier alpha value is -1.07. The van der Waals surface area contributed by atoms with Crippen LogP contribution >= 0.6 is 10.7 Å². The maximum atomic E-state index is 10.8. The predicted octanol–water partition coefficient (Wildman–Crippen LogP) is 1.54. The Labute approximate surface area is 85.9 Å². The van der Waals surface area contributed by atoms with Gasteiger partial charge in [0.05, 0.1) is 4.90 Å². The van der Waals surface area contributed by atoms with Gasteiger partial charge in [-0.2, -0.15) is 0 Å². The summed E-state index contributed by atoms with van der Waals surface area (Å²) in [5, 5.41) is 0. The second kappa shape index (κ2) is 3.98. The summed E-state index contributed by atoms with van der Waals surface area (Å²) in [6.07, 6.45) is 0. The topological polar surface area (TPSA) is 60.4 Å². The van der Waals surface area contributed by atoms with E-state index in [1.165, 1.54) is 31.2 Å². The molecule has 4 nitrogen and oxygen atoms in total. The average molecular weight is 235 g/mol. The van der Waals surface area contributed by atoms with E-state index >= 15 is 0 Å². The van der Waals surface area contributed by atoms with Crippen molar-refractivity contribution in [3.63, 3.8) is 0 Å². The monoisotopic (exact) mass is 234 g/mol. The molecule has 0 amide bonds. The van der Waals surface area contributed by atoms with Crippen LogP contribution in [0.15, 0.2) is 29.2 Å². The summed E-state index contributed by atoms with van der Waals surface area (Å²) < 4.78 is 26.4. The fourth-order valence-electron chi connectivity index (χ4n) is 0.836. The molecule has 76 valence electrons. The predicted molar refractivity (Wildman–Crippen MR) is 50.8 cm³/mol. The maximum Gasteiger partial charge on any atom is 0.308 e. The molecule has 0 saturated heterocycles. The molecular formula is C8H7ClO4S. The fraction of sp³-hybridized carbons (Fsp3) is 0.125. The maximum absolute atomic E-state index is 10.8. The molecule has 1 aromatic carbocycles. The number of hydrogen-bond acceptors (Lipinski definition) is 4. The van der Waals surface area contributed by atoms with Crippen LogP contribution in [0.1, 0.15) is 6.92 Å². The lowest BCUT2D eigenvalue weighted by Crippen LogP contribution is -2.01. The SMILES string of the molecule is CC(=O)Oc1ccc(S(=O)(=O)Cl)cc1. The number of esters is 1. The van der Waals surface area contributed by atoms with Gasteiger partial charge in [0, 0.05) is 17.6 Å². The van der Waals surface area contributed by atoms with Crippen LogP contribution in [-0.2, 0) is 13.8 Å². The molecule has 0 heterocycles. The number of benzene rings is 1. The summed E-state index contributed by atoms with van der Waals surface area (Å²) in [5.74, 6) is -0.187. The number of rotatable bonds is 2. The fourth-order valence-corrected chi connectivity index (χ4v) is 1.61. The summed E-state index contributed by atoms with van der Waals surface area (Å²) in [6, 6.07) is 5.24. The standard InChI is InChI=1S/C8H7ClO4S/c1-6(10)13-7-2-4-8(5-3-7)14(9,11)12/h2-5H,1H3. The highest BCUT2D eigenvalue weighted by Gasteiger charge is 2.09. The number of carbonyl (C=O) groups excluding carboxylic acids is 1. The second-order valence-corrected chi connectivity index (χ2v) is 5.07. The highest BCUT2D eigenvalue weighted by Crippen LogP contribution is 2.18. The Bertz CT molecular complexity index is 435. The van der Waals surface area contributed by atoms with E-state index in [4.69, 9.17) is 15.4 Å². The van der Waals surface area contributed by atoms with Crippen molar-refractivity contribution in [2.24, 2.45) is 0 Å². The zero-order chi connectivity index (χ0) is 10.8. The van der Waals surface area contributed by atoms with Gasteiger partial charge in [-0.3, -0.25) is 4.79 Å². The molecule has 0 bridgehead atoms. The van der Waals surface area contributed by atoms with Gasteiger partial charge in [-0.15, -0.1) is 0 Å². The minimum absolute atomic E-state index is 0.0323. The molecular weight excluding hydrogens is 228 g/mol. The molecule has 0 N–H and O–H groups in total. The second-order valence-electron chi connectivity index (χ2n) is 2.50. The molecule has 6 heteroatoms. The van der Waals surface area contributed by atoms with Crippen molar-refractivity contribution in [1.82, 2.24) is 0 Å². The van der Waals surface area contributed by atoms with Gasteiger partial charge < -0.3 is 4.74 Å². The van der Waals surface area contributed by atoms with Crippen molar-refractivity contribution in [2.75, 3.05) is 0 Å². The first-order valence-corrected chi connectivity index (χ1v) is 5.93. The largest absolute Gasteiger partial charge is 0.427 e. The van der Waals surface area contributed by atoms with Crippen molar-refractivity contribution < 1.29 is 17.9 Å². The molecule has 0 unspecified atom stereocenters. The average Bonchev–Trinajstić information content (AvgIpc) is 2.02. The zero-order valence-corrected chi connectivity index (χ0v) is 8.80. The highest BCUT2D eigenvalue weighted by atomic mass is 35.7. The Kier molecular flexibility index (Phi) is 3.13. The van der Waals surface area contributed by atoms with Crippen molar-refractivity contribution in [1.29, 1.82) is 0 Å². The normalized spacial score (nSPS) is 11.0. The molecule has 0 saturated carbocycles. The van der Waals surface area contributed by atoms with Crippen molar-refractivity contribution in [3.05, 3.63) is 24.3 Å². The van der Waals surface area contributed by atoms with E-state index in [0.29, 0.717) is 0 Å². The lowest BCUT2D eigenvalue weighted by molar-refractivity contribution is -0.131. The summed E-state index contributed by atoms with van der Waals surface area (Å²) in [5.41, 5.74) is 0. The van der Waals surface area contributed by atoms with Gasteiger partial charge in [-0.25, -0.2) is 8.42 Å². The first-order chi connectivity index (χ1) is 6.39. The van der Waals surface area contributed by atoms with E-state index in [2.05, 4.69) is 0 Å². The molecule has 1 aromatic rings. The van der Waals surface area contributed by atoms with Crippen LogP contribution in [0.25, 0.3) is 0 Å². The third-order valence-corrected chi connectivity index (χ3v) is 2.74. The van der Waals surface area contributed by atoms with E-state index in [0.717, 1.165) is 0 Å². The first kappa shape index (κ1) is 11.0. The smallest absolute Gasteiger partial charge is 0.308 e.